The number of rotatable bonds is 2. The van der Waals surface area contributed by atoms with Crippen LogP contribution in [0.1, 0.15) is 33.6 Å². The Morgan fingerprint density at radius 2 is 2.00 bits per heavy atom. The predicted octanol–water partition coefficient (Wildman–Crippen LogP) is 0.234. The molecule has 1 aliphatic heterocycles. The molecule has 1 unspecified atom stereocenters. The van der Waals surface area contributed by atoms with Gasteiger partial charge in [-0.2, -0.15) is 0 Å². The molecule has 0 aromatic rings. The van der Waals surface area contributed by atoms with Crippen molar-refractivity contribution in [1.29, 1.82) is 0 Å². The first kappa shape index (κ1) is 13.4. The van der Waals surface area contributed by atoms with Crippen molar-refractivity contribution in [3.05, 3.63) is 0 Å². The number of nitrogens with two attached hydrogens (primary N) is 1. The van der Waals surface area contributed by atoms with E-state index in [4.69, 9.17) is 10.5 Å². The van der Waals surface area contributed by atoms with Gasteiger partial charge in [-0.15, -0.1) is 0 Å². The van der Waals surface area contributed by atoms with E-state index in [1.807, 2.05) is 0 Å². The van der Waals surface area contributed by atoms with Crippen LogP contribution in [0.25, 0.3) is 0 Å². The van der Waals surface area contributed by atoms with Crippen LogP contribution in [-0.4, -0.2) is 37.0 Å². The molecule has 0 aromatic heterocycles. The van der Waals surface area contributed by atoms with Crippen molar-refractivity contribution in [2.24, 2.45) is 5.73 Å². The lowest BCUT2D eigenvalue weighted by molar-refractivity contribution is -0.156. The molecule has 0 aromatic carbocycles. The number of sulfone groups is 1. The first-order chi connectivity index (χ1) is 7.02. The third-order valence-corrected chi connectivity index (χ3v) is 4.18. The van der Waals surface area contributed by atoms with Crippen molar-refractivity contribution >= 4 is 15.8 Å². The summed E-state index contributed by atoms with van der Waals surface area (Å²) in [5, 5.41) is 0. The molecule has 6 heteroatoms. The molecule has 1 aliphatic rings. The molecule has 5 nitrogen and oxygen atoms in total. The van der Waals surface area contributed by atoms with E-state index >= 15 is 0 Å². The fourth-order valence-corrected chi connectivity index (χ4v) is 3.73. The van der Waals surface area contributed by atoms with E-state index in [1.54, 1.807) is 20.8 Å². The van der Waals surface area contributed by atoms with Crippen molar-refractivity contribution in [1.82, 2.24) is 0 Å². The van der Waals surface area contributed by atoms with E-state index in [1.165, 1.54) is 0 Å². The van der Waals surface area contributed by atoms with Gasteiger partial charge in [0, 0.05) is 5.54 Å². The van der Waals surface area contributed by atoms with Crippen LogP contribution < -0.4 is 5.73 Å². The number of ether oxygens (including phenoxy) is 1. The number of esters is 1. The predicted molar refractivity (Wildman–Crippen MR) is 60.7 cm³/mol. The number of hydrogen-bond acceptors (Lipinski definition) is 5. The van der Waals surface area contributed by atoms with Crippen LogP contribution in [0.5, 0.6) is 0 Å². The molecule has 2 N–H and O–H groups in total. The number of carbonyl (C=O) groups excluding carboxylic acids is 1. The molecule has 1 atom stereocenters. The van der Waals surface area contributed by atoms with Crippen molar-refractivity contribution < 1.29 is 17.9 Å². The standard InChI is InChI=1S/C10H19NO4S/c1-9(2,3)15-8(12)6-10(11)4-5-16(13,14)7-10/h4-7,11H2,1-3H3. The first-order valence-corrected chi connectivity index (χ1v) is 7.05. The maximum Gasteiger partial charge on any atom is 0.308 e. The van der Waals surface area contributed by atoms with E-state index in [2.05, 4.69) is 0 Å². The highest BCUT2D eigenvalue weighted by Crippen LogP contribution is 2.25. The average molecular weight is 249 g/mol. The van der Waals surface area contributed by atoms with E-state index in [9.17, 15) is 13.2 Å². The topological polar surface area (TPSA) is 86.5 Å². The van der Waals surface area contributed by atoms with Gasteiger partial charge in [-0.3, -0.25) is 4.79 Å². The Labute approximate surface area is 96.3 Å². The fraction of sp³-hybridized carbons (Fsp3) is 0.900. The van der Waals surface area contributed by atoms with Gasteiger partial charge in [-0.25, -0.2) is 8.42 Å². The summed E-state index contributed by atoms with van der Waals surface area (Å²) in [5.74, 6) is -0.502. The van der Waals surface area contributed by atoms with Crippen molar-refractivity contribution in [3.8, 4) is 0 Å². The van der Waals surface area contributed by atoms with Crippen molar-refractivity contribution in [3.63, 3.8) is 0 Å². The molecule has 1 fully saturated rings. The summed E-state index contributed by atoms with van der Waals surface area (Å²) in [4.78, 5) is 11.5. The molecule has 0 bridgehead atoms. The lowest BCUT2D eigenvalue weighted by atomic mass is 9.96. The molecule has 0 radical (unpaired) electrons. The molecular weight excluding hydrogens is 230 g/mol. The molecule has 0 spiro atoms. The zero-order chi connectivity index (χ0) is 12.6. The van der Waals surface area contributed by atoms with Gasteiger partial charge in [0.15, 0.2) is 9.84 Å². The van der Waals surface area contributed by atoms with Gasteiger partial charge in [0.25, 0.3) is 0 Å². The van der Waals surface area contributed by atoms with Crippen LogP contribution in [0.15, 0.2) is 0 Å². The molecule has 0 saturated carbocycles. The van der Waals surface area contributed by atoms with Gasteiger partial charge in [0.1, 0.15) is 5.60 Å². The van der Waals surface area contributed by atoms with Gasteiger partial charge in [-0.05, 0) is 27.2 Å². The zero-order valence-electron chi connectivity index (χ0n) is 9.95. The summed E-state index contributed by atoms with van der Waals surface area (Å²) < 4.78 is 27.7. The lowest BCUT2D eigenvalue weighted by Gasteiger charge is -2.25. The highest BCUT2D eigenvalue weighted by molar-refractivity contribution is 7.91. The number of hydrogen-bond donors (Lipinski definition) is 1. The van der Waals surface area contributed by atoms with Gasteiger partial charge in [0.05, 0.1) is 17.9 Å². The summed E-state index contributed by atoms with van der Waals surface area (Å²) in [6.07, 6.45) is 0.290. The van der Waals surface area contributed by atoms with Gasteiger partial charge in [-0.1, -0.05) is 0 Å². The Kier molecular flexibility index (Phi) is 3.36. The normalized spacial score (nSPS) is 29.0. The minimum atomic E-state index is -3.08. The van der Waals surface area contributed by atoms with E-state index in [-0.39, 0.29) is 17.9 Å². The van der Waals surface area contributed by atoms with Crippen LogP contribution in [-0.2, 0) is 19.4 Å². The Hall–Kier alpha value is -0.620. The monoisotopic (exact) mass is 249 g/mol. The second-order valence-electron chi connectivity index (χ2n) is 5.47. The SMILES string of the molecule is CC(C)(C)OC(=O)CC1(N)CCS(=O)(=O)C1. The van der Waals surface area contributed by atoms with Gasteiger partial charge >= 0.3 is 5.97 Å². The minimum absolute atomic E-state index is 0.0382. The van der Waals surface area contributed by atoms with Crippen LogP contribution in [0.2, 0.25) is 0 Å². The smallest absolute Gasteiger partial charge is 0.308 e. The second kappa shape index (κ2) is 4.00. The maximum atomic E-state index is 11.5. The third-order valence-electron chi connectivity index (χ3n) is 2.33. The molecular formula is C10H19NO4S. The lowest BCUT2D eigenvalue weighted by Crippen LogP contribution is -2.44. The summed E-state index contributed by atoms with van der Waals surface area (Å²) in [6.45, 7) is 5.29. The first-order valence-electron chi connectivity index (χ1n) is 5.23. The van der Waals surface area contributed by atoms with E-state index in [0.29, 0.717) is 6.42 Å². The highest BCUT2D eigenvalue weighted by Gasteiger charge is 2.41. The molecule has 0 aliphatic carbocycles. The van der Waals surface area contributed by atoms with E-state index in [0.717, 1.165) is 0 Å². The molecule has 1 rings (SSSR count). The number of carbonyl (C=O) groups is 1. The third kappa shape index (κ3) is 4.09. The Morgan fingerprint density at radius 1 is 1.44 bits per heavy atom. The summed E-state index contributed by atoms with van der Waals surface area (Å²) in [6, 6.07) is 0. The van der Waals surface area contributed by atoms with Crippen molar-refractivity contribution in [2.45, 2.75) is 44.8 Å². The molecule has 1 heterocycles. The Bertz CT molecular complexity index is 382. The molecule has 0 amide bonds. The maximum absolute atomic E-state index is 11.5. The van der Waals surface area contributed by atoms with Crippen LogP contribution >= 0.6 is 0 Å². The second-order valence-corrected chi connectivity index (χ2v) is 7.65. The summed E-state index contributed by atoms with van der Waals surface area (Å²) in [5.41, 5.74) is 4.37. The van der Waals surface area contributed by atoms with Crippen LogP contribution in [0.4, 0.5) is 0 Å². The minimum Gasteiger partial charge on any atom is -0.460 e. The van der Waals surface area contributed by atoms with Crippen LogP contribution in [0.3, 0.4) is 0 Å². The summed E-state index contributed by atoms with van der Waals surface area (Å²) >= 11 is 0. The van der Waals surface area contributed by atoms with Crippen molar-refractivity contribution in [2.75, 3.05) is 11.5 Å². The zero-order valence-corrected chi connectivity index (χ0v) is 10.8. The largest absolute Gasteiger partial charge is 0.460 e. The summed E-state index contributed by atoms with van der Waals surface area (Å²) in [7, 11) is -3.08. The molecule has 16 heavy (non-hydrogen) atoms. The Balaban J connectivity index is 2.59. The highest BCUT2D eigenvalue weighted by atomic mass is 32.2. The molecule has 1 saturated heterocycles. The van der Waals surface area contributed by atoms with Gasteiger partial charge < -0.3 is 10.5 Å². The van der Waals surface area contributed by atoms with Gasteiger partial charge in [0.2, 0.25) is 0 Å². The molecule has 94 valence electrons. The average Bonchev–Trinajstić information content (AvgIpc) is 2.19. The van der Waals surface area contributed by atoms with Crippen LogP contribution in [0, 0.1) is 0 Å². The fourth-order valence-electron chi connectivity index (χ4n) is 1.75. The Morgan fingerprint density at radius 3 is 2.38 bits per heavy atom. The quantitative estimate of drug-likeness (QED) is 0.708. The van der Waals surface area contributed by atoms with E-state index < -0.39 is 26.9 Å².